The Kier molecular flexibility index (Phi) is 5.45. The summed E-state index contributed by atoms with van der Waals surface area (Å²) < 4.78 is 33.0. The highest BCUT2D eigenvalue weighted by atomic mass is 35.5. The first-order valence-corrected chi connectivity index (χ1v) is 9.52. The third-order valence-electron chi connectivity index (χ3n) is 4.51. The predicted octanol–water partition coefficient (Wildman–Crippen LogP) is 4.15. The van der Waals surface area contributed by atoms with Crippen molar-refractivity contribution in [3.05, 3.63) is 76.2 Å². The highest BCUT2D eigenvalue weighted by Crippen LogP contribution is 2.22. The Morgan fingerprint density at radius 3 is 2.83 bits per heavy atom. The number of nitrogens with one attached hydrogen (secondary N) is 2. The minimum absolute atomic E-state index is 0.00644. The molecule has 0 spiro atoms. The second-order valence-electron chi connectivity index (χ2n) is 6.63. The van der Waals surface area contributed by atoms with Gasteiger partial charge in [0.15, 0.2) is 0 Å². The molecule has 0 radical (unpaired) electrons. The van der Waals surface area contributed by atoms with Gasteiger partial charge in [-0.05, 0) is 23.8 Å². The van der Waals surface area contributed by atoms with Crippen LogP contribution in [0.15, 0.2) is 40.9 Å². The Morgan fingerprint density at radius 2 is 2.10 bits per heavy atom. The molecule has 10 heteroatoms. The van der Waals surface area contributed by atoms with Crippen molar-refractivity contribution in [1.29, 1.82) is 0 Å². The standard InChI is InChI=1S/C20H16ClF2N5O2/c1-2-17-27-28-20(30-17)16(6-10-3-4-13(22)8-14(10)23)26-19(29)15-7-11-5-12(21)9-24-18(11)25-15/h3-5,7-9,16H,2,6H2,1H3,(H,24,25)(H,26,29). The highest BCUT2D eigenvalue weighted by molar-refractivity contribution is 6.31. The number of carbonyl (C=O) groups is 1. The fourth-order valence-electron chi connectivity index (χ4n) is 3.00. The molecule has 3 heterocycles. The van der Waals surface area contributed by atoms with Gasteiger partial charge >= 0.3 is 0 Å². The summed E-state index contributed by atoms with van der Waals surface area (Å²) in [6, 6.07) is 5.70. The van der Waals surface area contributed by atoms with E-state index >= 15 is 0 Å². The van der Waals surface area contributed by atoms with Crippen molar-refractivity contribution in [3.63, 3.8) is 0 Å². The van der Waals surface area contributed by atoms with Gasteiger partial charge in [0.2, 0.25) is 11.8 Å². The second kappa shape index (κ2) is 8.19. The molecule has 0 saturated carbocycles. The van der Waals surface area contributed by atoms with E-state index in [2.05, 4.69) is 25.5 Å². The number of rotatable bonds is 6. The summed E-state index contributed by atoms with van der Waals surface area (Å²) in [6.45, 7) is 1.84. The summed E-state index contributed by atoms with van der Waals surface area (Å²) in [6.07, 6.45) is 1.97. The Bertz CT molecular complexity index is 1220. The number of halogens is 3. The van der Waals surface area contributed by atoms with Crippen LogP contribution in [0.2, 0.25) is 5.02 Å². The first-order chi connectivity index (χ1) is 14.4. The molecule has 0 fully saturated rings. The molecule has 1 unspecified atom stereocenters. The number of aromatic amines is 1. The van der Waals surface area contributed by atoms with Crippen LogP contribution in [-0.4, -0.2) is 26.1 Å². The molecule has 3 aromatic heterocycles. The number of amides is 1. The summed E-state index contributed by atoms with van der Waals surface area (Å²) in [5.74, 6) is -1.39. The van der Waals surface area contributed by atoms with Gasteiger partial charge in [-0.1, -0.05) is 24.6 Å². The third kappa shape index (κ3) is 4.16. The number of fused-ring (bicyclic) bond motifs is 1. The SMILES string of the molecule is CCc1nnc(C(Cc2ccc(F)cc2F)NC(=O)c2cc3cc(Cl)cnc3[nH]2)o1. The first kappa shape index (κ1) is 20.0. The number of hydrogen-bond donors (Lipinski definition) is 2. The van der Waals surface area contributed by atoms with Crippen LogP contribution < -0.4 is 5.32 Å². The Balaban J connectivity index is 1.63. The van der Waals surface area contributed by atoms with E-state index in [9.17, 15) is 13.6 Å². The number of nitrogens with zero attached hydrogens (tertiary/aromatic N) is 3. The molecular formula is C20H16ClF2N5O2. The maximum absolute atomic E-state index is 14.2. The van der Waals surface area contributed by atoms with Gasteiger partial charge in [0, 0.05) is 30.5 Å². The zero-order valence-electron chi connectivity index (χ0n) is 15.7. The molecule has 0 aliphatic heterocycles. The number of H-pyrrole nitrogens is 1. The largest absolute Gasteiger partial charge is 0.423 e. The number of hydrogen-bond acceptors (Lipinski definition) is 5. The van der Waals surface area contributed by atoms with Crippen LogP contribution in [0.5, 0.6) is 0 Å². The minimum atomic E-state index is -0.826. The van der Waals surface area contributed by atoms with Crippen LogP contribution in [0, 0.1) is 11.6 Å². The molecule has 1 atom stereocenters. The van der Waals surface area contributed by atoms with Gasteiger partial charge in [-0.25, -0.2) is 13.8 Å². The van der Waals surface area contributed by atoms with Crippen LogP contribution in [0.4, 0.5) is 8.78 Å². The molecule has 4 rings (SSSR count). The monoisotopic (exact) mass is 431 g/mol. The van der Waals surface area contributed by atoms with E-state index in [-0.39, 0.29) is 23.6 Å². The molecule has 0 saturated heterocycles. The topological polar surface area (TPSA) is 96.7 Å². The normalized spacial score (nSPS) is 12.3. The van der Waals surface area contributed by atoms with E-state index in [1.807, 2.05) is 6.92 Å². The fourth-order valence-corrected chi connectivity index (χ4v) is 3.17. The van der Waals surface area contributed by atoms with Crippen molar-refractivity contribution >= 4 is 28.5 Å². The van der Waals surface area contributed by atoms with Gasteiger partial charge < -0.3 is 14.7 Å². The van der Waals surface area contributed by atoms with Crippen LogP contribution in [-0.2, 0) is 12.8 Å². The zero-order valence-corrected chi connectivity index (χ0v) is 16.5. The average molecular weight is 432 g/mol. The molecular weight excluding hydrogens is 416 g/mol. The summed E-state index contributed by atoms with van der Waals surface area (Å²) >= 11 is 5.94. The van der Waals surface area contributed by atoms with E-state index in [0.717, 1.165) is 12.1 Å². The lowest BCUT2D eigenvalue weighted by Gasteiger charge is -2.15. The Morgan fingerprint density at radius 1 is 1.27 bits per heavy atom. The number of aromatic nitrogens is 4. The van der Waals surface area contributed by atoms with Gasteiger partial charge in [-0.15, -0.1) is 10.2 Å². The lowest BCUT2D eigenvalue weighted by Crippen LogP contribution is -2.30. The Labute approximate surface area is 174 Å². The summed E-state index contributed by atoms with van der Waals surface area (Å²) in [5, 5.41) is 11.7. The number of benzene rings is 1. The van der Waals surface area contributed by atoms with Crippen LogP contribution in [0.25, 0.3) is 11.0 Å². The number of aryl methyl sites for hydroxylation is 1. The molecule has 0 bridgehead atoms. The summed E-state index contributed by atoms with van der Waals surface area (Å²) in [4.78, 5) is 19.9. The smallest absolute Gasteiger partial charge is 0.268 e. The molecule has 7 nitrogen and oxygen atoms in total. The van der Waals surface area contributed by atoms with Gasteiger partial charge in [0.1, 0.15) is 29.0 Å². The lowest BCUT2D eigenvalue weighted by molar-refractivity contribution is 0.0925. The molecule has 2 N–H and O–H groups in total. The molecule has 0 aliphatic rings. The van der Waals surface area contributed by atoms with Crippen LogP contribution in [0.1, 0.15) is 40.8 Å². The van der Waals surface area contributed by atoms with Crippen molar-refractivity contribution in [2.75, 3.05) is 0 Å². The van der Waals surface area contributed by atoms with Crippen LogP contribution >= 0.6 is 11.6 Å². The molecule has 1 amide bonds. The van der Waals surface area contributed by atoms with E-state index < -0.39 is 23.6 Å². The van der Waals surface area contributed by atoms with Crippen molar-refractivity contribution in [1.82, 2.24) is 25.5 Å². The molecule has 1 aromatic carbocycles. The van der Waals surface area contributed by atoms with Gasteiger partial charge in [-0.3, -0.25) is 4.79 Å². The van der Waals surface area contributed by atoms with Gasteiger partial charge in [-0.2, -0.15) is 0 Å². The molecule has 154 valence electrons. The number of carbonyl (C=O) groups excluding carboxylic acids is 1. The Hall–Kier alpha value is -3.33. The van der Waals surface area contributed by atoms with Crippen molar-refractivity contribution in [3.8, 4) is 0 Å². The summed E-state index contributed by atoms with van der Waals surface area (Å²) in [7, 11) is 0. The predicted molar refractivity (Wildman–Crippen MR) is 105 cm³/mol. The fraction of sp³-hybridized carbons (Fsp3) is 0.200. The molecule has 4 aromatic rings. The van der Waals surface area contributed by atoms with Gasteiger partial charge in [0.25, 0.3) is 5.91 Å². The summed E-state index contributed by atoms with van der Waals surface area (Å²) in [5.41, 5.74) is 0.930. The maximum Gasteiger partial charge on any atom is 0.268 e. The quantitative estimate of drug-likeness (QED) is 0.478. The van der Waals surface area contributed by atoms with Crippen molar-refractivity contribution < 1.29 is 18.0 Å². The van der Waals surface area contributed by atoms with Gasteiger partial charge in [0.05, 0.1) is 5.02 Å². The second-order valence-corrected chi connectivity index (χ2v) is 7.06. The van der Waals surface area contributed by atoms with E-state index in [1.54, 1.807) is 12.1 Å². The van der Waals surface area contributed by atoms with Crippen LogP contribution in [0.3, 0.4) is 0 Å². The lowest BCUT2D eigenvalue weighted by atomic mass is 10.0. The van der Waals surface area contributed by atoms with Crippen molar-refractivity contribution in [2.24, 2.45) is 0 Å². The maximum atomic E-state index is 14.2. The van der Waals surface area contributed by atoms with E-state index in [0.29, 0.717) is 28.4 Å². The molecule has 0 aliphatic carbocycles. The van der Waals surface area contributed by atoms with Crippen molar-refractivity contribution in [2.45, 2.75) is 25.8 Å². The third-order valence-corrected chi connectivity index (χ3v) is 4.72. The average Bonchev–Trinajstić information content (AvgIpc) is 3.35. The highest BCUT2D eigenvalue weighted by Gasteiger charge is 2.24. The number of pyridine rings is 1. The van der Waals surface area contributed by atoms with E-state index in [4.69, 9.17) is 16.0 Å². The minimum Gasteiger partial charge on any atom is -0.423 e. The first-order valence-electron chi connectivity index (χ1n) is 9.14. The zero-order chi connectivity index (χ0) is 21.3. The molecule has 30 heavy (non-hydrogen) atoms. The van der Waals surface area contributed by atoms with E-state index in [1.165, 1.54) is 12.3 Å².